The molecule has 0 bridgehead atoms. The highest BCUT2D eigenvalue weighted by atomic mass is 19.1. The Bertz CT molecular complexity index is 112. The van der Waals surface area contributed by atoms with Crippen LogP contribution in [0.3, 0.4) is 0 Å². The fourth-order valence-corrected chi connectivity index (χ4v) is 1.12. The van der Waals surface area contributed by atoms with Gasteiger partial charge >= 0.3 is 0 Å². The second-order valence-corrected chi connectivity index (χ2v) is 2.61. The van der Waals surface area contributed by atoms with Gasteiger partial charge in [-0.2, -0.15) is 0 Å². The minimum Gasteiger partial charge on any atom is -0.396 e. The number of hydrogen-bond acceptors (Lipinski definition) is 3. The van der Waals surface area contributed by atoms with Crippen LogP contribution in [0.4, 0.5) is 4.39 Å². The molecule has 0 spiro atoms. The minimum atomic E-state index is -1.23. The number of aliphatic hydroxyl groups excluding tert-OH is 2. The molecule has 4 heteroatoms. The molecule has 10 heavy (non-hydrogen) atoms. The molecule has 0 unspecified atom stereocenters. The van der Waals surface area contributed by atoms with Crippen LogP contribution in [-0.4, -0.2) is 42.2 Å². The van der Waals surface area contributed by atoms with Gasteiger partial charge in [-0.1, -0.05) is 0 Å². The van der Waals surface area contributed by atoms with Gasteiger partial charge in [0.2, 0.25) is 0 Å². The van der Waals surface area contributed by atoms with Crippen LogP contribution in [0.1, 0.15) is 0 Å². The van der Waals surface area contributed by atoms with Crippen LogP contribution < -0.4 is 5.32 Å². The number of halogens is 1. The Hall–Kier alpha value is -0.190. The summed E-state index contributed by atoms with van der Waals surface area (Å²) in [6.07, 6.45) is -2.22. The van der Waals surface area contributed by atoms with Gasteiger partial charge in [0.25, 0.3) is 0 Å². The van der Waals surface area contributed by atoms with Crippen molar-refractivity contribution >= 4 is 0 Å². The summed E-state index contributed by atoms with van der Waals surface area (Å²) in [5.41, 5.74) is 0. The molecule has 0 aromatic carbocycles. The van der Waals surface area contributed by atoms with E-state index in [4.69, 9.17) is 10.2 Å². The van der Waals surface area contributed by atoms with Crippen molar-refractivity contribution in [1.82, 2.24) is 5.32 Å². The maximum Gasteiger partial charge on any atom is 0.139 e. The monoisotopic (exact) mass is 149 g/mol. The summed E-state index contributed by atoms with van der Waals surface area (Å²) in [5, 5.41) is 20.4. The van der Waals surface area contributed by atoms with Gasteiger partial charge < -0.3 is 15.5 Å². The number of alkyl halides is 1. The van der Waals surface area contributed by atoms with E-state index in [-0.39, 0.29) is 19.1 Å². The van der Waals surface area contributed by atoms with Crippen LogP contribution in [0, 0.1) is 5.92 Å². The molecule has 60 valence electrons. The molecule has 1 saturated heterocycles. The van der Waals surface area contributed by atoms with Crippen molar-refractivity contribution in [3.63, 3.8) is 0 Å². The van der Waals surface area contributed by atoms with Crippen LogP contribution >= 0.6 is 0 Å². The third kappa shape index (κ3) is 1.45. The third-order valence-electron chi connectivity index (χ3n) is 1.83. The van der Waals surface area contributed by atoms with E-state index >= 15 is 0 Å². The molecule has 3 N–H and O–H groups in total. The highest BCUT2D eigenvalue weighted by molar-refractivity contribution is 4.83. The molecule has 0 amide bonds. The van der Waals surface area contributed by atoms with Crippen LogP contribution in [0.2, 0.25) is 0 Å². The van der Waals surface area contributed by atoms with Crippen molar-refractivity contribution in [1.29, 1.82) is 0 Å². The lowest BCUT2D eigenvalue weighted by molar-refractivity contribution is -0.0122. The maximum absolute atomic E-state index is 12.6. The van der Waals surface area contributed by atoms with E-state index in [1.165, 1.54) is 0 Å². The molecular formula is C6H12FNO2. The third-order valence-corrected chi connectivity index (χ3v) is 1.83. The summed E-state index contributed by atoms with van der Waals surface area (Å²) in [6, 6.07) is 0. The molecule has 1 aliphatic rings. The van der Waals surface area contributed by atoms with Gasteiger partial charge in [0.05, 0.1) is 6.10 Å². The number of hydrogen-bond donors (Lipinski definition) is 3. The first-order valence-electron chi connectivity index (χ1n) is 3.39. The Morgan fingerprint density at radius 3 is 2.70 bits per heavy atom. The summed E-state index contributed by atoms with van der Waals surface area (Å²) < 4.78 is 12.6. The fraction of sp³-hybridized carbons (Fsp3) is 1.00. The van der Waals surface area contributed by atoms with Crippen molar-refractivity contribution < 1.29 is 14.6 Å². The van der Waals surface area contributed by atoms with E-state index in [1.807, 2.05) is 0 Å². The van der Waals surface area contributed by atoms with Crippen LogP contribution in [0.5, 0.6) is 0 Å². The Kier molecular flexibility index (Phi) is 2.59. The molecule has 1 heterocycles. The normalized spacial score (nSPS) is 41.7. The zero-order chi connectivity index (χ0) is 7.56. The number of rotatable bonds is 1. The van der Waals surface area contributed by atoms with Crippen LogP contribution in [-0.2, 0) is 0 Å². The Balaban J connectivity index is 2.42. The first-order valence-corrected chi connectivity index (χ1v) is 3.39. The second-order valence-electron chi connectivity index (χ2n) is 2.61. The highest BCUT2D eigenvalue weighted by Crippen LogP contribution is 2.13. The number of nitrogens with one attached hydrogen (secondary N) is 1. The van der Waals surface area contributed by atoms with E-state index in [0.717, 1.165) is 0 Å². The van der Waals surface area contributed by atoms with Crippen LogP contribution in [0.15, 0.2) is 0 Å². The van der Waals surface area contributed by atoms with Crippen molar-refractivity contribution in [3.8, 4) is 0 Å². The topological polar surface area (TPSA) is 52.5 Å². The largest absolute Gasteiger partial charge is 0.396 e. The number of piperidine rings is 1. The van der Waals surface area contributed by atoms with E-state index < -0.39 is 12.3 Å². The van der Waals surface area contributed by atoms with Crippen molar-refractivity contribution in [2.24, 2.45) is 5.92 Å². The summed E-state index contributed by atoms with van der Waals surface area (Å²) in [5.74, 6) is -0.344. The van der Waals surface area contributed by atoms with Gasteiger partial charge in [-0.15, -0.1) is 0 Å². The fourth-order valence-electron chi connectivity index (χ4n) is 1.12. The molecule has 1 rings (SSSR count). The van der Waals surface area contributed by atoms with Gasteiger partial charge in [0.1, 0.15) is 6.17 Å². The van der Waals surface area contributed by atoms with E-state index in [9.17, 15) is 4.39 Å². The zero-order valence-corrected chi connectivity index (χ0v) is 5.63. The maximum atomic E-state index is 12.6. The average molecular weight is 149 g/mol. The lowest BCUT2D eigenvalue weighted by Gasteiger charge is -2.29. The van der Waals surface area contributed by atoms with Crippen molar-refractivity contribution in [3.05, 3.63) is 0 Å². The zero-order valence-electron chi connectivity index (χ0n) is 5.63. The summed E-state index contributed by atoms with van der Waals surface area (Å²) in [4.78, 5) is 0. The summed E-state index contributed by atoms with van der Waals surface area (Å²) >= 11 is 0. The first kappa shape index (κ1) is 7.91. The molecule has 0 aromatic rings. The van der Waals surface area contributed by atoms with Gasteiger partial charge in [-0.25, -0.2) is 4.39 Å². The molecule has 0 aromatic heterocycles. The highest BCUT2D eigenvalue weighted by Gasteiger charge is 2.30. The lowest BCUT2D eigenvalue weighted by atomic mass is 9.96. The van der Waals surface area contributed by atoms with E-state index in [1.54, 1.807) is 0 Å². The molecule has 3 nitrogen and oxygen atoms in total. The first-order chi connectivity index (χ1) is 4.75. The second kappa shape index (κ2) is 3.27. The molecule has 1 fully saturated rings. The predicted molar refractivity (Wildman–Crippen MR) is 34.3 cm³/mol. The molecule has 0 aliphatic carbocycles. The Morgan fingerprint density at radius 1 is 1.50 bits per heavy atom. The molecular weight excluding hydrogens is 137 g/mol. The lowest BCUT2D eigenvalue weighted by Crippen LogP contribution is -2.49. The van der Waals surface area contributed by atoms with Gasteiger partial charge in [-0.3, -0.25) is 0 Å². The smallest absolute Gasteiger partial charge is 0.139 e. The minimum absolute atomic E-state index is 0.158. The predicted octanol–water partition coefficient (Wildman–Crippen LogP) is -1.10. The Morgan fingerprint density at radius 2 is 2.20 bits per heavy atom. The van der Waals surface area contributed by atoms with Crippen molar-refractivity contribution in [2.45, 2.75) is 12.3 Å². The van der Waals surface area contributed by atoms with Gasteiger partial charge in [0, 0.05) is 25.6 Å². The van der Waals surface area contributed by atoms with E-state index in [0.29, 0.717) is 6.54 Å². The SMILES string of the molecule is OC[C@@H]1CNC[C@@H](F)[C@@H]1O. The molecule has 0 radical (unpaired) electrons. The Labute approximate surface area is 58.9 Å². The molecule has 0 saturated carbocycles. The van der Waals surface area contributed by atoms with Crippen LogP contribution in [0.25, 0.3) is 0 Å². The molecule has 1 aliphatic heterocycles. The van der Waals surface area contributed by atoms with E-state index in [2.05, 4.69) is 5.32 Å². The standard InChI is InChI=1S/C6H12FNO2/c7-5-2-8-1-4(3-9)6(5)10/h4-6,8-10H,1-3H2/t4-,5+,6+/m0/s1. The molecule has 3 atom stereocenters. The number of aliphatic hydroxyl groups is 2. The van der Waals surface area contributed by atoms with Gasteiger partial charge in [-0.05, 0) is 0 Å². The van der Waals surface area contributed by atoms with Gasteiger partial charge in [0.15, 0.2) is 0 Å². The average Bonchev–Trinajstić information content (AvgIpc) is 1.95. The quantitative estimate of drug-likeness (QED) is 0.443. The van der Waals surface area contributed by atoms with Crippen molar-refractivity contribution in [2.75, 3.05) is 19.7 Å². The summed E-state index contributed by atoms with van der Waals surface area (Å²) in [6.45, 7) is 0.532. The summed E-state index contributed by atoms with van der Waals surface area (Å²) in [7, 11) is 0.